The number of hydrogen-bond donors (Lipinski definition) is 1. The van der Waals surface area contributed by atoms with E-state index in [1.807, 2.05) is 44.9 Å². The molecular formula is C19H33IN8O2. The molecule has 3 heterocycles. The molecule has 11 heteroatoms. The lowest BCUT2D eigenvalue weighted by Gasteiger charge is -2.35. The summed E-state index contributed by atoms with van der Waals surface area (Å²) in [6, 6.07) is 0. The third-order valence-corrected chi connectivity index (χ3v) is 4.97. The number of hydrogen-bond acceptors (Lipinski definition) is 6. The highest BCUT2D eigenvalue weighted by Gasteiger charge is 2.25. The minimum atomic E-state index is -0.0232. The molecular weight excluding hydrogens is 499 g/mol. The number of guanidine groups is 1. The highest BCUT2D eigenvalue weighted by molar-refractivity contribution is 14.0. The van der Waals surface area contributed by atoms with Gasteiger partial charge < -0.3 is 24.3 Å². The van der Waals surface area contributed by atoms with Crippen LogP contribution in [0.15, 0.2) is 17.4 Å². The molecule has 0 amide bonds. The van der Waals surface area contributed by atoms with Gasteiger partial charge in [-0.3, -0.25) is 4.68 Å². The maximum Gasteiger partial charge on any atom is 0.194 e. The molecule has 0 saturated carbocycles. The van der Waals surface area contributed by atoms with Crippen LogP contribution in [0.4, 0.5) is 0 Å². The molecule has 2 aromatic heterocycles. The van der Waals surface area contributed by atoms with Crippen LogP contribution in [0.25, 0.3) is 0 Å². The Labute approximate surface area is 195 Å². The van der Waals surface area contributed by atoms with E-state index in [0.29, 0.717) is 13.2 Å². The van der Waals surface area contributed by atoms with Gasteiger partial charge in [-0.05, 0) is 20.3 Å². The fraction of sp³-hybridized carbons (Fsp3) is 0.684. The van der Waals surface area contributed by atoms with Crippen molar-refractivity contribution in [2.24, 2.45) is 19.1 Å². The minimum Gasteiger partial charge on any atom is -0.382 e. The van der Waals surface area contributed by atoms with Crippen LogP contribution in [0.1, 0.15) is 36.7 Å². The van der Waals surface area contributed by atoms with Crippen LogP contribution in [0.2, 0.25) is 0 Å². The first-order valence-electron chi connectivity index (χ1n) is 10.1. The molecule has 3 rings (SSSR count). The molecule has 1 saturated heterocycles. The van der Waals surface area contributed by atoms with Crippen molar-refractivity contribution >= 4 is 29.9 Å². The molecule has 1 aliphatic rings. The Morgan fingerprint density at radius 3 is 2.87 bits per heavy atom. The number of nitrogens with one attached hydrogen (secondary N) is 1. The fourth-order valence-electron chi connectivity index (χ4n) is 3.17. The van der Waals surface area contributed by atoms with Crippen LogP contribution in [0, 0.1) is 6.92 Å². The van der Waals surface area contributed by atoms with E-state index in [4.69, 9.17) is 14.5 Å². The molecule has 168 valence electrons. The summed E-state index contributed by atoms with van der Waals surface area (Å²) in [7, 11) is 3.88. The number of ether oxygens (including phenoxy) is 2. The van der Waals surface area contributed by atoms with Crippen LogP contribution in [0.5, 0.6) is 0 Å². The first kappa shape index (κ1) is 24.5. The van der Waals surface area contributed by atoms with Gasteiger partial charge in [0.05, 0.1) is 19.3 Å². The second kappa shape index (κ2) is 12.2. The summed E-state index contributed by atoms with van der Waals surface area (Å²) in [5.41, 5.74) is 1.08. The van der Waals surface area contributed by atoms with E-state index in [9.17, 15) is 0 Å². The van der Waals surface area contributed by atoms with E-state index in [1.165, 1.54) is 0 Å². The molecule has 1 N–H and O–H groups in total. The Bertz CT molecular complexity index is 806. The molecule has 30 heavy (non-hydrogen) atoms. The van der Waals surface area contributed by atoms with Crippen LogP contribution in [-0.2, 0) is 30.1 Å². The van der Waals surface area contributed by atoms with Crippen LogP contribution in [-0.4, -0.2) is 74.9 Å². The summed E-state index contributed by atoms with van der Waals surface area (Å²) in [6.07, 6.45) is 4.77. The van der Waals surface area contributed by atoms with Crippen molar-refractivity contribution < 1.29 is 9.47 Å². The van der Waals surface area contributed by atoms with Crippen molar-refractivity contribution in [1.82, 2.24) is 34.8 Å². The zero-order chi connectivity index (χ0) is 20.6. The zero-order valence-corrected chi connectivity index (χ0v) is 20.6. The number of aliphatic imine (C=N–C) groups is 1. The number of rotatable bonds is 8. The second-order valence-electron chi connectivity index (χ2n) is 7.09. The summed E-state index contributed by atoms with van der Waals surface area (Å²) in [4.78, 5) is 7.07. The first-order valence-corrected chi connectivity index (χ1v) is 10.1. The number of nitrogens with zero attached hydrogens (tertiary/aromatic N) is 7. The molecule has 1 fully saturated rings. The van der Waals surface area contributed by atoms with E-state index >= 15 is 0 Å². The number of aryl methyl sites for hydroxylation is 2. The van der Waals surface area contributed by atoms with Gasteiger partial charge in [0.2, 0.25) is 0 Å². The SMILES string of the molecule is CCOCCCNC(=NCc1nnc(C)n1C)N1CCOC(c2cnn(C)c2)C1.I. The summed E-state index contributed by atoms with van der Waals surface area (Å²) < 4.78 is 15.2. The van der Waals surface area contributed by atoms with Crippen molar-refractivity contribution in [3.8, 4) is 0 Å². The lowest BCUT2D eigenvalue weighted by molar-refractivity contribution is -0.00812. The highest BCUT2D eigenvalue weighted by atomic mass is 127. The van der Waals surface area contributed by atoms with Gasteiger partial charge in [0.1, 0.15) is 18.5 Å². The Morgan fingerprint density at radius 1 is 1.37 bits per heavy atom. The largest absolute Gasteiger partial charge is 0.382 e. The lowest BCUT2D eigenvalue weighted by atomic mass is 10.1. The van der Waals surface area contributed by atoms with Crippen molar-refractivity contribution in [2.45, 2.75) is 32.9 Å². The quantitative estimate of drug-likeness (QED) is 0.238. The zero-order valence-electron chi connectivity index (χ0n) is 18.2. The van der Waals surface area contributed by atoms with Crippen molar-refractivity contribution in [3.63, 3.8) is 0 Å². The molecule has 0 radical (unpaired) electrons. The van der Waals surface area contributed by atoms with Crippen LogP contribution >= 0.6 is 24.0 Å². The molecule has 10 nitrogen and oxygen atoms in total. The van der Waals surface area contributed by atoms with Crippen LogP contribution < -0.4 is 5.32 Å². The average Bonchev–Trinajstić information content (AvgIpc) is 3.30. The third-order valence-electron chi connectivity index (χ3n) is 4.97. The van der Waals surface area contributed by atoms with Gasteiger partial charge in [-0.1, -0.05) is 0 Å². The van der Waals surface area contributed by atoms with Gasteiger partial charge >= 0.3 is 0 Å². The lowest BCUT2D eigenvalue weighted by Crippen LogP contribution is -2.48. The molecule has 2 aromatic rings. The monoisotopic (exact) mass is 532 g/mol. The Morgan fingerprint density at radius 2 is 2.20 bits per heavy atom. The standard InChI is InChI=1S/C19H32N8O2.HI/c1-5-28-9-6-7-20-19(21-12-18-24-23-15(2)26(18)4)27-8-10-29-17(14-27)16-11-22-25(3)13-16;/h11,13,17H,5-10,12,14H2,1-4H3,(H,20,21);1H. The second-order valence-corrected chi connectivity index (χ2v) is 7.09. The van der Waals surface area contributed by atoms with Crippen molar-refractivity contribution in [2.75, 3.05) is 39.5 Å². The van der Waals surface area contributed by atoms with Gasteiger partial charge in [0.25, 0.3) is 0 Å². The maximum absolute atomic E-state index is 5.98. The smallest absolute Gasteiger partial charge is 0.194 e. The topological polar surface area (TPSA) is 94.6 Å². The van der Waals surface area contributed by atoms with Gasteiger partial charge in [-0.2, -0.15) is 5.10 Å². The van der Waals surface area contributed by atoms with Crippen LogP contribution in [0.3, 0.4) is 0 Å². The third kappa shape index (κ3) is 6.64. The van der Waals surface area contributed by atoms with E-state index in [0.717, 1.165) is 62.4 Å². The number of morpholine rings is 1. The normalized spacial score (nSPS) is 17.1. The van der Waals surface area contributed by atoms with E-state index in [2.05, 4.69) is 25.5 Å². The Kier molecular flexibility index (Phi) is 9.98. The Balaban J connectivity index is 0.00000320. The van der Waals surface area contributed by atoms with Crippen molar-refractivity contribution in [1.29, 1.82) is 0 Å². The van der Waals surface area contributed by atoms with Crippen molar-refractivity contribution in [3.05, 3.63) is 29.6 Å². The summed E-state index contributed by atoms with van der Waals surface area (Å²) >= 11 is 0. The van der Waals surface area contributed by atoms with Gasteiger partial charge in [0, 0.05) is 52.2 Å². The molecule has 1 unspecified atom stereocenters. The maximum atomic E-state index is 5.98. The summed E-state index contributed by atoms with van der Waals surface area (Å²) in [6.45, 7) is 8.84. The molecule has 1 atom stereocenters. The summed E-state index contributed by atoms with van der Waals surface area (Å²) in [5.74, 6) is 2.58. The molecule has 0 spiro atoms. The first-order chi connectivity index (χ1) is 14.1. The molecule has 0 bridgehead atoms. The molecule has 0 aliphatic carbocycles. The number of halogens is 1. The molecule has 0 aromatic carbocycles. The van der Waals surface area contributed by atoms with Gasteiger partial charge in [0.15, 0.2) is 11.8 Å². The van der Waals surface area contributed by atoms with E-state index in [1.54, 1.807) is 4.68 Å². The van der Waals surface area contributed by atoms with E-state index in [-0.39, 0.29) is 30.1 Å². The predicted octanol–water partition coefficient (Wildman–Crippen LogP) is 1.42. The predicted molar refractivity (Wildman–Crippen MR) is 125 cm³/mol. The molecule has 1 aliphatic heterocycles. The number of aromatic nitrogens is 5. The van der Waals surface area contributed by atoms with Gasteiger partial charge in [-0.25, -0.2) is 4.99 Å². The highest BCUT2D eigenvalue weighted by Crippen LogP contribution is 2.21. The van der Waals surface area contributed by atoms with E-state index < -0.39 is 0 Å². The minimum absolute atomic E-state index is 0. The Hall–Kier alpha value is -1.73. The van der Waals surface area contributed by atoms with Gasteiger partial charge in [-0.15, -0.1) is 34.2 Å². The average molecular weight is 532 g/mol. The fourth-order valence-corrected chi connectivity index (χ4v) is 3.17. The summed E-state index contributed by atoms with van der Waals surface area (Å²) in [5, 5.41) is 16.1.